The Labute approximate surface area is 176 Å². The molecule has 30 heavy (non-hydrogen) atoms. The minimum absolute atomic E-state index is 0.353. The number of rotatable bonds is 8. The zero-order chi connectivity index (χ0) is 22.3. The lowest BCUT2D eigenvalue weighted by Gasteiger charge is -2.11. The van der Waals surface area contributed by atoms with E-state index in [4.69, 9.17) is 9.47 Å². The predicted molar refractivity (Wildman–Crippen MR) is 118 cm³/mol. The summed E-state index contributed by atoms with van der Waals surface area (Å²) in [5.74, 6) is 1.46. The van der Waals surface area contributed by atoms with Gasteiger partial charge in [-0.2, -0.15) is 0 Å². The van der Waals surface area contributed by atoms with Gasteiger partial charge in [0.15, 0.2) is 11.2 Å². The van der Waals surface area contributed by atoms with Crippen LogP contribution < -0.4 is 16.0 Å². The molecule has 0 fully saturated rings. The van der Waals surface area contributed by atoms with Crippen LogP contribution in [-0.4, -0.2) is 39.0 Å². The first kappa shape index (κ1) is 23.4. The summed E-state index contributed by atoms with van der Waals surface area (Å²) in [4.78, 5) is 29.8. The van der Waals surface area contributed by atoms with E-state index >= 15 is 0 Å². The van der Waals surface area contributed by atoms with E-state index in [9.17, 15) is 9.59 Å². The average Bonchev–Trinajstić information content (AvgIpc) is 3.13. The molecule has 0 spiro atoms. The molecule has 0 aliphatic carbocycles. The molecule has 2 heterocycles. The maximum absolute atomic E-state index is 12.9. The van der Waals surface area contributed by atoms with Crippen LogP contribution in [0.25, 0.3) is 11.2 Å². The molecule has 0 atom stereocenters. The normalized spacial score (nSPS) is 10.7. The fraction of sp³-hybridized carbons (Fsp3) is 0.500. The van der Waals surface area contributed by atoms with Crippen LogP contribution >= 0.6 is 0 Å². The molecule has 0 saturated heterocycles. The van der Waals surface area contributed by atoms with E-state index in [1.807, 2.05) is 42.7 Å². The molecule has 0 N–H and O–H groups in total. The fourth-order valence-corrected chi connectivity index (χ4v) is 3.22. The molecule has 0 unspecified atom stereocenters. The molecule has 3 rings (SSSR count). The van der Waals surface area contributed by atoms with Gasteiger partial charge in [0.1, 0.15) is 11.6 Å². The lowest BCUT2D eigenvalue weighted by atomic mass is 10.2. The summed E-state index contributed by atoms with van der Waals surface area (Å²) in [6, 6.07) is 7.68. The average molecular weight is 417 g/mol. The smallest absolute Gasteiger partial charge is 0.332 e. The molecular formula is C22H32N4O4. The molecule has 3 aromatic rings. The predicted octanol–water partition coefficient (Wildman–Crippen LogP) is 2.49. The number of methoxy groups -OCH3 is 1. The maximum atomic E-state index is 12.9. The molecule has 8 heteroatoms. The number of fused-ring (bicyclic) bond motifs is 1. The van der Waals surface area contributed by atoms with E-state index in [1.54, 1.807) is 14.2 Å². The minimum Gasteiger partial charge on any atom is -0.497 e. The molecule has 0 amide bonds. The van der Waals surface area contributed by atoms with E-state index in [1.165, 1.54) is 11.6 Å². The van der Waals surface area contributed by atoms with E-state index in [2.05, 4.69) is 11.9 Å². The van der Waals surface area contributed by atoms with Crippen LogP contribution in [0.2, 0.25) is 0 Å². The lowest BCUT2D eigenvalue weighted by Crippen LogP contribution is -2.37. The zero-order valence-corrected chi connectivity index (χ0v) is 18.8. The van der Waals surface area contributed by atoms with E-state index in [0.717, 1.165) is 22.3 Å². The van der Waals surface area contributed by atoms with Gasteiger partial charge >= 0.3 is 5.69 Å². The fourth-order valence-electron chi connectivity index (χ4n) is 3.22. The monoisotopic (exact) mass is 416 g/mol. The second-order valence-electron chi connectivity index (χ2n) is 6.71. The van der Waals surface area contributed by atoms with Crippen molar-refractivity contribution in [2.75, 3.05) is 20.3 Å². The molecule has 0 aliphatic heterocycles. The Bertz CT molecular complexity index is 1090. The minimum atomic E-state index is -0.391. The number of benzene rings is 1. The van der Waals surface area contributed by atoms with Gasteiger partial charge in [0.05, 0.1) is 13.7 Å². The van der Waals surface area contributed by atoms with Crippen molar-refractivity contribution in [2.24, 2.45) is 14.1 Å². The van der Waals surface area contributed by atoms with Crippen LogP contribution in [0, 0.1) is 0 Å². The number of imidazole rings is 1. The van der Waals surface area contributed by atoms with Crippen molar-refractivity contribution in [3.8, 4) is 5.75 Å². The van der Waals surface area contributed by atoms with E-state index in [0.29, 0.717) is 43.2 Å². The second-order valence-corrected chi connectivity index (χ2v) is 6.71. The highest BCUT2D eigenvalue weighted by molar-refractivity contribution is 5.71. The summed E-state index contributed by atoms with van der Waals surface area (Å²) >= 11 is 0. The van der Waals surface area contributed by atoms with Crippen molar-refractivity contribution in [3.05, 3.63) is 56.5 Å². The van der Waals surface area contributed by atoms with Gasteiger partial charge in [0.25, 0.3) is 5.56 Å². The largest absolute Gasteiger partial charge is 0.497 e. The van der Waals surface area contributed by atoms with Gasteiger partial charge in [-0.3, -0.25) is 13.9 Å². The number of aryl methyl sites for hydroxylation is 1. The molecule has 2 aromatic heterocycles. The number of aromatic nitrogens is 4. The summed E-state index contributed by atoms with van der Waals surface area (Å²) in [6.45, 7) is 7.68. The summed E-state index contributed by atoms with van der Waals surface area (Å²) in [5.41, 5.74) is 1.04. The molecule has 164 valence electrons. The Kier molecular flexibility index (Phi) is 8.41. The van der Waals surface area contributed by atoms with Gasteiger partial charge in [0.2, 0.25) is 0 Å². The molecule has 0 aliphatic rings. The first-order valence-corrected chi connectivity index (χ1v) is 10.3. The topological polar surface area (TPSA) is 80.3 Å². The van der Waals surface area contributed by atoms with Gasteiger partial charge < -0.3 is 14.0 Å². The maximum Gasteiger partial charge on any atom is 0.332 e. The highest BCUT2D eigenvalue weighted by Crippen LogP contribution is 2.18. The van der Waals surface area contributed by atoms with Gasteiger partial charge in [0, 0.05) is 33.7 Å². The summed E-state index contributed by atoms with van der Waals surface area (Å²) in [7, 11) is 4.73. The van der Waals surface area contributed by atoms with Crippen LogP contribution in [0.3, 0.4) is 0 Å². The Hall–Kier alpha value is -2.87. The Morgan fingerprint density at radius 2 is 1.80 bits per heavy atom. The first-order chi connectivity index (χ1) is 14.5. The summed E-state index contributed by atoms with van der Waals surface area (Å²) in [6.07, 6.45) is 1.49. The number of hydrogen-bond acceptors (Lipinski definition) is 5. The number of nitrogens with zero attached hydrogens (tertiary/aromatic N) is 4. The molecule has 1 aromatic carbocycles. The summed E-state index contributed by atoms with van der Waals surface area (Å²) in [5, 5.41) is 0. The van der Waals surface area contributed by atoms with Crippen LogP contribution in [0.15, 0.2) is 33.9 Å². The van der Waals surface area contributed by atoms with Crippen LogP contribution in [0.4, 0.5) is 0 Å². The number of hydrogen-bond donors (Lipinski definition) is 0. The molecular weight excluding hydrogens is 384 g/mol. The van der Waals surface area contributed by atoms with Gasteiger partial charge in [-0.1, -0.05) is 32.9 Å². The van der Waals surface area contributed by atoms with Crippen molar-refractivity contribution < 1.29 is 9.47 Å². The molecule has 0 saturated carbocycles. The van der Waals surface area contributed by atoms with Crippen LogP contribution in [0.1, 0.15) is 38.6 Å². The molecule has 0 bridgehead atoms. The van der Waals surface area contributed by atoms with Crippen LogP contribution in [-0.2, 0) is 31.8 Å². The van der Waals surface area contributed by atoms with E-state index < -0.39 is 5.69 Å². The standard InChI is InChI=1S/C20H26N4O4.C2H6/c1-5-10-28-11-9-16-21-18-17(19(25)23(3)20(26)22(18)2)24(16)13-14-7-6-8-15(12-14)27-4;1-2/h6-8,12H,5,9-11,13H2,1-4H3;1-2H3. The Morgan fingerprint density at radius 3 is 2.47 bits per heavy atom. The van der Waals surface area contributed by atoms with Gasteiger partial charge in [-0.25, -0.2) is 9.78 Å². The molecule has 0 radical (unpaired) electrons. The highest BCUT2D eigenvalue weighted by atomic mass is 16.5. The van der Waals surface area contributed by atoms with Crippen LogP contribution in [0.5, 0.6) is 5.75 Å². The van der Waals surface area contributed by atoms with E-state index in [-0.39, 0.29) is 5.56 Å². The quantitative estimate of drug-likeness (QED) is 0.527. The number of ether oxygens (including phenoxy) is 2. The molecule has 8 nitrogen and oxygen atoms in total. The first-order valence-electron chi connectivity index (χ1n) is 10.3. The van der Waals surface area contributed by atoms with Crippen molar-refractivity contribution in [3.63, 3.8) is 0 Å². The van der Waals surface area contributed by atoms with Gasteiger partial charge in [-0.05, 0) is 24.1 Å². The summed E-state index contributed by atoms with van der Waals surface area (Å²) < 4.78 is 15.3. The Balaban J connectivity index is 0.00000155. The van der Waals surface area contributed by atoms with Crippen molar-refractivity contribution in [2.45, 2.75) is 40.2 Å². The second kappa shape index (κ2) is 10.8. The Morgan fingerprint density at radius 1 is 1.07 bits per heavy atom. The third kappa shape index (κ3) is 4.81. The SMILES string of the molecule is CC.CCCOCCc1nc2c(c(=O)n(C)c(=O)n2C)n1Cc1cccc(OC)c1. The zero-order valence-electron chi connectivity index (χ0n) is 18.8. The van der Waals surface area contributed by atoms with Gasteiger partial charge in [-0.15, -0.1) is 0 Å². The van der Waals surface area contributed by atoms with Crippen molar-refractivity contribution in [1.82, 2.24) is 18.7 Å². The van der Waals surface area contributed by atoms with Crippen molar-refractivity contribution in [1.29, 1.82) is 0 Å². The third-order valence-electron chi connectivity index (χ3n) is 4.72. The lowest BCUT2D eigenvalue weighted by molar-refractivity contribution is 0.136. The van der Waals surface area contributed by atoms with Crippen molar-refractivity contribution >= 4 is 11.2 Å². The highest BCUT2D eigenvalue weighted by Gasteiger charge is 2.19. The third-order valence-corrected chi connectivity index (χ3v) is 4.72.